The first-order valence-electron chi connectivity index (χ1n) is 19.5. The maximum absolute atomic E-state index is 12.4. The molecular formula is C50H42O7P2S2+2. The van der Waals surface area contributed by atoms with E-state index in [1.165, 1.54) is 12.1 Å². The summed E-state index contributed by atoms with van der Waals surface area (Å²) in [4.78, 5) is -0.287. The fourth-order valence-corrected chi connectivity index (χ4v) is 17.7. The smallest absolute Gasteiger partial charge is 0.294 e. The van der Waals surface area contributed by atoms with E-state index in [-0.39, 0.29) is 9.79 Å². The maximum Gasteiger partial charge on any atom is 0.294 e. The second-order valence-electron chi connectivity index (χ2n) is 14.6. The largest absolute Gasteiger partial charge is 0.457 e. The molecule has 0 saturated heterocycles. The van der Waals surface area contributed by atoms with Gasteiger partial charge in [-0.15, -0.1) is 0 Å². The van der Waals surface area contributed by atoms with Crippen LogP contribution in [-0.4, -0.2) is 25.9 Å². The lowest BCUT2D eigenvalue weighted by Gasteiger charge is -2.28. The second-order valence-corrected chi connectivity index (χ2v) is 24.4. The van der Waals surface area contributed by atoms with Gasteiger partial charge in [-0.25, -0.2) is 0 Å². The SMILES string of the molecule is O=S(=O)(O)c1cccc([P+](Cc2ccc(Oc3ccc(C[P+](c4ccccc4)(c4ccccc4)c4cccc(S(=O)(=O)O)c4)cc3)cc2)(c2ccccc2)c2ccccc2)c1. The van der Waals surface area contributed by atoms with E-state index in [0.717, 1.165) is 43.0 Å². The Kier molecular flexibility index (Phi) is 12.2. The van der Waals surface area contributed by atoms with Crippen LogP contribution in [0.15, 0.2) is 228 Å². The van der Waals surface area contributed by atoms with E-state index < -0.39 is 34.8 Å². The molecule has 61 heavy (non-hydrogen) atoms. The molecule has 0 amide bonds. The van der Waals surface area contributed by atoms with Crippen molar-refractivity contribution in [2.45, 2.75) is 22.1 Å². The number of rotatable bonds is 14. The van der Waals surface area contributed by atoms with Crippen molar-refractivity contribution in [2.24, 2.45) is 0 Å². The van der Waals surface area contributed by atoms with E-state index in [0.29, 0.717) is 23.8 Å². The molecule has 0 spiro atoms. The number of hydrogen-bond donors (Lipinski definition) is 2. The van der Waals surface area contributed by atoms with Crippen molar-refractivity contribution < 1.29 is 30.7 Å². The van der Waals surface area contributed by atoms with Crippen LogP contribution >= 0.6 is 14.5 Å². The predicted molar refractivity (Wildman–Crippen MR) is 250 cm³/mol. The molecule has 0 radical (unpaired) electrons. The van der Waals surface area contributed by atoms with Crippen molar-refractivity contribution in [3.63, 3.8) is 0 Å². The van der Waals surface area contributed by atoms with Crippen LogP contribution in [0.4, 0.5) is 0 Å². The van der Waals surface area contributed by atoms with Crippen molar-refractivity contribution in [1.82, 2.24) is 0 Å². The Morgan fingerprint density at radius 3 is 0.902 bits per heavy atom. The Morgan fingerprint density at radius 2 is 0.623 bits per heavy atom. The topological polar surface area (TPSA) is 118 Å². The zero-order valence-electron chi connectivity index (χ0n) is 32.8. The van der Waals surface area contributed by atoms with Gasteiger partial charge in [0.2, 0.25) is 0 Å². The Morgan fingerprint density at radius 1 is 0.344 bits per heavy atom. The van der Waals surface area contributed by atoms with Crippen LogP contribution in [0, 0.1) is 0 Å². The summed E-state index contributed by atoms with van der Waals surface area (Å²) in [5.74, 6) is 1.29. The highest BCUT2D eigenvalue weighted by Gasteiger charge is 2.47. The lowest BCUT2D eigenvalue weighted by molar-refractivity contribution is 0.481. The highest BCUT2D eigenvalue weighted by Crippen LogP contribution is 2.59. The molecule has 8 aromatic carbocycles. The summed E-state index contributed by atoms with van der Waals surface area (Å²) < 4.78 is 75.9. The zero-order chi connectivity index (χ0) is 42.5. The molecule has 0 fully saturated rings. The summed E-state index contributed by atoms with van der Waals surface area (Å²) in [6.07, 6.45) is 1.18. The lowest BCUT2D eigenvalue weighted by Crippen LogP contribution is -2.32. The Hall–Kier alpha value is -5.76. The van der Waals surface area contributed by atoms with E-state index in [4.69, 9.17) is 4.74 Å². The van der Waals surface area contributed by atoms with Gasteiger partial charge in [-0.05, 0) is 108 Å². The summed E-state index contributed by atoms with van der Waals surface area (Å²) in [5.41, 5.74) is 2.06. The molecule has 0 aliphatic carbocycles. The van der Waals surface area contributed by atoms with Crippen LogP contribution in [0.2, 0.25) is 0 Å². The molecule has 8 aromatic rings. The van der Waals surface area contributed by atoms with E-state index in [1.807, 2.05) is 133 Å². The lowest BCUT2D eigenvalue weighted by atomic mass is 10.2. The van der Waals surface area contributed by atoms with E-state index in [2.05, 4.69) is 48.5 Å². The molecule has 11 heteroatoms. The van der Waals surface area contributed by atoms with Gasteiger partial charge in [-0.1, -0.05) is 109 Å². The van der Waals surface area contributed by atoms with Crippen molar-refractivity contribution >= 4 is 66.6 Å². The first-order valence-corrected chi connectivity index (χ1v) is 26.3. The normalized spacial score (nSPS) is 12.2. The molecule has 0 aromatic heterocycles. The van der Waals surface area contributed by atoms with Crippen molar-refractivity contribution in [1.29, 1.82) is 0 Å². The zero-order valence-corrected chi connectivity index (χ0v) is 36.3. The fraction of sp³-hybridized carbons (Fsp3) is 0.0400. The molecule has 2 N–H and O–H groups in total. The Bertz CT molecular complexity index is 2690. The van der Waals surface area contributed by atoms with Gasteiger partial charge in [0.25, 0.3) is 20.2 Å². The molecule has 0 aliphatic heterocycles. The highest BCUT2D eigenvalue weighted by atomic mass is 32.2. The van der Waals surface area contributed by atoms with Crippen LogP contribution in [0.1, 0.15) is 11.1 Å². The Labute approximate surface area is 358 Å². The van der Waals surface area contributed by atoms with Gasteiger partial charge in [0, 0.05) is 12.1 Å². The maximum atomic E-state index is 12.4. The summed E-state index contributed by atoms with van der Waals surface area (Å²) in [6.45, 7) is 0. The van der Waals surface area contributed by atoms with Gasteiger partial charge in [0.1, 0.15) is 57.9 Å². The molecule has 304 valence electrons. The summed E-state index contributed by atoms with van der Waals surface area (Å²) in [7, 11) is -13.9. The van der Waals surface area contributed by atoms with Crippen LogP contribution < -0.4 is 36.6 Å². The second kappa shape index (κ2) is 17.7. The van der Waals surface area contributed by atoms with Crippen LogP contribution in [0.3, 0.4) is 0 Å². The summed E-state index contributed by atoms with van der Waals surface area (Å²) in [5, 5.41) is 5.96. The fourth-order valence-electron chi connectivity index (χ4n) is 7.94. The minimum atomic E-state index is -4.44. The minimum absolute atomic E-state index is 0.143. The molecule has 0 aliphatic rings. The van der Waals surface area contributed by atoms with Crippen molar-refractivity contribution in [3.05, 3.63) is 230 Å². The van der Waals surface area contributed by atoms with Gasteiger partial charge >= 0.3 is 0 Å². The summed E-state index contributed by atoms with van der Waals surface area (Å²) in [6, 6.07) is 69.7. The van der Waals surface area contributed by atoms with Gasteiger partial charge in [-0.2, -0.15) is 16.8 Å². The minimum Gasteiger partial charge on any atom is -0.457 e. The number of benzene rings is 8. The third-order valence-electron chi connectivity index (χ3n) is 10.8. The van der Waals surface area contributed by atoms with Crippen LogP contribution in [0.25, 0.3) is 0 Å². The van der Waals surface area contributed by atoms with Gasteiger partial charge in [0.15, 0.2) is 0 Å². The van der Waals surface area contributed by atoms with E-state index >= 15 is 0 Å². The van der Waals surface area contributed by atoms with Crippen molar-refractivity contribution in [3.8, 4) is 11.5 Å². The number of ether oxygens (including phenoxy) is 1. The molecule has 0 saturated carbocycles. The molecule has 0 unspecified atom stereocenters. The van der Waals surface area contributed by atoms with E-state index in [9.17, 15) is 25.9 Å². The predicted octanol–water partition coefficient (Wildman–Crippen LogP) is 8.96. The third-order valence-corrected chi connectivity index (χ3v) is 21.2. The highest BCUT2D eigenvalue weighted by molar-refractivity contribution is 7.95. The number of hydrogen-bond acceptors (Lipinski definition) is 5. The molecule has 0 heterocycles. The summed E-state index contributed by atoms with van der Waals surface area (Å²) >= 11 is 0. The molecular weight excluding hydrogens is 839 g/mol. The average molecular weight is 881 g/mol. The van der Waals surface area contributed by atoms with Crippen LogP contribution in [-0.2, 0) is 32.6 Å². The molecule has 7 nitrogen and oxygen atoms in total. The van der Waals surface area contributed by atoms with E-state index in [1.54, 1.807) is 24.3 Å². The molecule has 0 bridgehead atoms. The Balaban J connectivity index is 1.11. The van der Waals surface area contributed by atoms with Gasteiger partial charge in [-0.3, -0.25) is 9.11 Å². The quantitative estimate of drug-likeness (QED) is 0.0828. The first-order chi connectivity index (χ1) is 29.4. The third kappa shape index (κ3) is 9.00. The average Bonchev–Trinajstić information content (AvgIpc) is 3.29. The van der Waals surface area contributed by atoms with Crippen LogP contribution in [0.5, 0.6) is 11.5 Å². The van der Waals surface area contributed by atoms with Crippen molar-refractivity contribution in [2.75, 3.05) is 0 Å². The molecule has 8 rings (SSSR count). The van der Waals surface area contributed by atoms with Gasteiger partial charge in [0.05, 0.1) is 22.1 Å². The first kappa shape index (κ1) is 42.0. The molecule has 0 atom stereocenters. The monoisotopic (exact) mass is 880 g/mol. The van der Waals surface area contributed by atoms with Gasteiger partial charge < -0.3 is 4.74 Å². The standard InChI is InChI=1S/C50H40O7P2S2/c51-60(52,53)49-25-13-23-47(35-49)58(43-15-5-1-6-16-43,44-17-7-2-8-18-44)37-39-27-31-41(32-28-39)57-42-33-29-40(30-34-42)38-59(45-19-9-3-10-20-45,46-21-11-4-12-22-46)48-24-14-26-50(36-48)61(54,55)56/h1-36H,37-38H2/p+2.